The summed E-state index contributed by atoms with van der Waals surface area (Å²) in [6.45, 7) is 9.59. The van der Waals surface area contributed by atoms with Crippen LogP contribution in [0.15, 0.2) is 23.1 Å². The van der Waals surface area contributed by atoms with Crippen molar-refractivity contribution in [3.05, 3.63) is 39.8 Å². The van der Waals surface area contributed by atoms with Crippen molar-refractivity contribution >= 4 is 29.1 Å². The number of hydrogen-bond donors (Lipinski definition) is 0. The number of hydrogen-bond acceptors (Lipinski definition) is 4. The summed E-state index contributed by atoms with van der Waals surface area (Å²) in [5.41, 5.74) is 3.68. The molecule has 0 aromatic heterocycles. The second kappa shape index (κ2) is 8.49. The van der Waals surface area contributed by atoms with Crippen molar-refractivity contribution in [2.45, 2.75) is 34.1 Å². The number of amides is 2. The van der Waals surface area contributed by atoms with Gasteiger partial charge in [-0.05, 0) is 49.6 Å². The maximum Gasteiger partial charge on any atom is 0.267 e. The normalized spacial score (nSPS) is 14.9. The molecule has 0 N–H and O–H groups in total. The van der Waals surface area contributed by atoms with Crippen LogP contribution in [0.4, 0.5) is 0 Å². The zero-order chi connectivity index (χ0) is 17.7. The van der Waals surface area contributed by atoms with E-state index in [1.807, 2.05) is 45.9 Å². The highest BCUT2D eigenvalue weighted by atomic mass is 32.2. The number of ether oxygens (including phenoxy) is 1. The molecule has 1 aromatic rings. The van der Waals surface area contributed by atoms with Gasteiger partial charge in [-0.15, -0.1) is 11.8 Å². The molecule has 0 spiro atoms. The molecule has 0 atom stereocenters. The zero-order valence-electron chi connectivity index (χ0n) is 14.8. The average molecular weight is 347 g/mol. The second-order valence-corrected chi connectivity index (χ2v) is 7.02. The topological polar surface area (TPSA) is 46.6 Å². The third-order valence-electron chi connectivity index (χ3n) is 4.08. The van der Waals surface area contributed by atoms with Crippen LogP contribution < -0.4 is 0 Å². The Labute approximate surface area is 148 Å². The van der Waals surface area contributed by atoms with Crippen LogP contribution in [0, 0.1) is 13.8 Å². The van der Waals surface area contributed by atoms with Crippen LogP contribution >= 0.6 is 11.8 Å². The fourth-order valence-corrected chi connectivity index (χ4v) is 3.53. The van der Waals surface area contributed by atoms with Crippen molar-refractivity contribution in [3.63, 3.8) is 0 Å². The first-order valence-electron chi connectivity index (χ1n) is 8.39. The number of carbonyl (C=O) groups excluding carboxylic acids is 2. The van der Waals surface area contributed by atoms with E-state index in [1.54, 1.807) is 0 Å². The van der Waals surface area contributed by atoms with E-state index in [-0.39, 0.29) is 11.8 Å². The van der Waals surface area contributed by atoms with Gasteiger partial charge < -0.3 is 4.74 Å². The fraction of sp³-hybridized carbons (Fsp3) is 0.474. The molecule has 1 aliphatic heterocycles. The van der Waals surface area contributed by atoms with Crippen molar-refractivity contribution in [2.75, 3.05) is 25.5 Å². The molecule has 2 amide bonds. The second-order valence-electron chi connectivity index (χ2n) is 5.75. The van der Waals surface area contributed by atoms with E-state index < -0.39 is 0 Å². The number of thioether (sulfide) groups is 1. The quantitative estimate of drug-likeness (QED) is 0.533. The van der Waals surface area contributed by atoms with Crippen LogP contribution in [0.1, 0.15) is 37.0 Å². The van der Waals surface area contributed by atoms with Gasteiger partial charge in [-0.25, -0.2) is 0 Å². The summed E-state index contributed by atoms with van der Waals surface area (Å²) in [6.07, 6.45) is 0.662. The lowest BCUT2D eigenvalue weighted by molar-refractivity contribution is -0.136. The van der Waals surface area contributed by atoms with Crippen LogP contribution in [0.3, 0.4) is 0 Å². The van der Waals surface area contributed by atoms with E-state index in [2.05, 4.69) is 0 Å². The molecule has 1 aliphatic rings. The maximum atomic E-state index is 12.9. The van der Waals surface area contributed by atoms with Crippen LogP contribution in [-0.4, -0.2) is 42.2 Å². The molecule has 0 saturated carbocycles. The molecular formula is C19H25NO3S. The minimum absolute atomic E-state index is 0.170. The summed E-state index contributed by atoms with van der Waals surface area (Å²) in [5, 5.41) is 0. The maximum absolute atomic E-state index is 12.9. The Morgan fingerprint density at radius 2 is 1.83 bits per heavy atom. The smallest absolute Gasteiger partial charge is 0.267 e. The number of benzene rings is 1. The highest BCUT2D eigenvalue weighted by molar-refractivity contribution is 8.04. The first-order valence-corrected chi connectivity index (χ1v) is 9.38. The predicted molar refractivity (Wildman–Crippen MR) is 98.8 cm³/mol. The SMILES string of the molecule is CCOCCCN1C(=O)C(SCC)=C(c2ccc(C)c(C)c2)C1=O. The van der Waals surface area contributed by atoms with Gasteiger partial charge in [0.2, 0.25) is 0 Å². The molecule has 4 nitrogen and oxygen atoms in total. The Morgan fingerprint density at radius 3 is 2.46 bits per heavy atom. The van der Waals surface area contributed by atoms with Gasteiger partial charge in [0.05, 0.1) is 10.5 Å². The van der Waals surface area contributed by atoms with Crippen molar-refractivity contribution in [3.8, 4) is 0 Å². The Hall–Kier alpha value is -1.59. The molecule has 5 heteroatoms. The number of rotatable bonds is 8. The third-order valence-corrected chi connectivity index (χ3v) is 5.04. The molecular weight excluding hydrogens is 322 g/mol. The summed E-state index contributed by atoms with van der Waals surface area (Å²) in [5.74, 6) is 0.405. The molecule has 0 aliphatic carbocycles. The summed E-state index contributed by atoms with van der Waals surface area (Å²) in [4.78, 5) is 27.5. The van der Waals surface area contributed by atoms with Crippen molar-refractivity contribution in [1.29, 1.82) is 0 Å². The van der Waals surface area contributed by atoms with Crippen molar-refractivity contribution < 1.29 is 14.3 Å². The van der Waals surface area contributed by atoms with E-state index in [1.165, 1.54) is 22.2 Å². The summed E-state index contributed by atoms with van der Waals surface area (Å²) in [6, 6.07) is 5.93. The number of nitrogens with zero attached hydrogens (tertiary/aromatic N) is 1. The predicted octanol–water partition coefficient (Wildman–Crippen LogP) is 3.56. The molecule has 1 heterocycles. The monoisotopic (exact) mass is 347 g/mol. The van der Waals surface area contributed by atoms with E-state index in [0.717, 1.165) is 16.9 Å². The van der Waals surface area contributed by atoms with Gasteiger partial charge >= 0.3 is 0 Å². The van der Waals surface area contributed by atoms with Crippen LogP contribution in [0.25, 0.3) is 5.57 Å². The molecule has 0 fully saturated rings. The van der Waals surface area contributed by atoms with Crippen LogP contribution in [0.5, 0.6) is 0 Å². The molecule has 0 saturated heterocycles. The van der Waals surface area contributed by atoms with Gasteiger partial charge in [0.15, 0.2) is 0 Å². The molecule has 1 aromatic carbocycles. The summed E-state index contributed by atoms with van der Waals surface area (Å²) >= 11 is 1.45. The molecule has 130 valence electrons. The Balaban J connectivity index is 2.29. The molecule has 0 radical (unpaired) electrons. The summed E-state index contributed by atoms with van der Waals surface area (Å²) in [7, 11) is 0. The standard InChI is InChI=1S/C19H25NO3S/c1-5-23-11-7-10-20-18(21)16(17(19(20)22)24-6-2)15-9-8-13(3)14(4)12-15/h8-9,12H,5-7,10-11H2,1-4H3. The molecule has 24 heavy (non-hydrogen) atoms. The largest absolute Gasteiger partial charge is 0.382 e. The zero-order valence-corrected chi connectivity index (χ0v) is 15.7. The van der Waals surface area contributed by atoms with Gasteiger partial charge in [0, 0.05) is 19.8 Å². The van der Waals surface area contributed by atoms with Gasteiger partial charge in [0.25, 0.3) is 11.8 Å². The van der Waals surface area contributed by atoms with E-state index in [4.69, 9.17) is 4.74 Å². The van der Waals surface area contributed by atoms with Crippen LogP contribution in [0.2, 0.25) is 0 Å². The van der Waals surface area contributed by atoms with Crippen LogP contribution in [-0.2, 0) is 14.3 Å². The fourth-order valence-electron chi connectivity index (χ4n) is 2.66. The van der Waals surface area contributed by atoms with E-state index in [0.29, 0.717) is 36.7 Å². The first kappa shape index (κ1) is 18.7. The van der Waals surface area contributed by atoms with Gasteiger partial charge in [-0.1, -0.05) is 25.1 Å². The van der Waals surface area contributed by atoms with Crippen molar-refractivity contribution in [1.82, 2.24) is 4.90 Å². The molecule has 0 unspecified atom stereocenters. The lowest BCUT2D eigenvalue weighted by Gasteiger charge is -2.15. The lowest BCUT2D eigenvalue weighted by atomic mass is 10.0. The van der Waals surface area contributed by atoms with Gasteiger partial charge in [-0.2, -0.15) is 0 Å². The third kappa shape index (κ3) is 3.90. The van der Waals surface area contributed by atoms with Crippen molar-refractivity contribution in [2.24, 2.45) is 0 Å². The van der Waals surface area contributed by atoms with E-state index in [9.17, 15) is 9.59 Å². The minimum Gasteiger partial charge on any atom is -0.382 e. The Morgan fingerprint density at radius 1 is 1.08 bits per heavy atom. The first-order chi connectivity index (χ1) is 11.5. The molecule has 0 bridgehead atoms. The number of aryl methyl sites for hydroxylation is 2. The Kier molecular flexibility index (Phi) is 6.63. The van der Waals surface area contributed by atoms with Gasteiger partial charge in [-0.3, -0.25) is 14.5 Å². The highest BCUT2D eigenvalue weighted by Gasteiger charge is 2.38. The Bertz CT molecular complexity index is 667. The minimum atomic E-state index is -0.185. The number of carbonyl (C=O) groups is 2. The number of imide groups is 1. The highest BCUT2D eigenvalue weighted by Crippen LogP contribution is 2.36. The van der Waals surface area contributed by atoms with E-state index >= 15 is 0 Å². The van der Waals surface area contributed by atoms with Gasteiger partial charge in [0.1, 0.15) is 0 Å². The average Bonchev–Trinajstić information content (AvgIpc) is 2.79. The molecule has 2 rings (SSSR count). The lowest BCUT2D eigenvalue weighted by Crippen LogP contribution is -2.33. The summed E-state index contributed by atoms with van der Waals surface area (Å²) < 4.78 is 5.31.